The van der Waals surface area contributed by atoms with Crippen LogP contribution in [0.2, 0.25) is 0 Å². The van der Waals surface area contributed by atoms with E-state index >= 15 is 0 Å². The molecular formula is C13H28N2. The van der Waals surface area contributed by atoms with Gasteiger partial charge < -0.3 is 10.6 Å². The SMILES string of the molecule is CC(C)C1CCCCN1.C[C@@H]1CCCN1. The minimum absolute atomic E-state index is 0.796. The monoisotopic (exact) mass is 212 g/mol. The Morgan fingerprint density at radius 1 is 0.933 bits per heavy atom. The Morgan fingerprint density at radius 2 is 1.67 bits per heavy atom. The van der Waals surface area contributed by atoms with Crippen LogP contribution >= 0.6 is 0 Å². The summed E-state index contributed by atoms with van der Waals surface area (Å²) < 4.78 is 0. The fraction of sp³-hybridized carbons (Fsp3) is 1.00. The van der Waals surface area contributed by atoms with Crippen molar-refractivity contribution < 1.29 is 0 Å². The number of rotatable bonds is 1. The van der Waals surface area contributed by atoms with Crippen LogP contribution < -0.4 is 10.6 Å². The lowest BCUT2D eigenvalue weighted by molar-refractivity contribution is 0.326. The maximum absolute atomic E-state index is 3.52. The van der Waals surface area contributed by atoms with Crippen molar-refractivity contribution in [2.75, 3.05) is 13.1 Å². The lowest BCUT2D eigenvalue weighted by atomic mass is 9.95. The predicted octanol–water partition coefficient (Wildman–Crippen LogP) is 2.54. The van der Waals surface area contributed by atoms with E-state index in [9.17, 15) is 0 Å². The molecule has 2 N–H and O–H groups in total. The quantitative estimate of drug-likeness (QED) is 0.698. The third-order valence-electron chi connectivity index (χ3n) is 3.46. The molecule has 2 heterocycles. The zero-order valence-electron chi connectivity index (χ0n) is 10.7. The summed E-state index contributed by atoms with van der Waals surface area (Å²) >= 11 is 0. The van der Waals surface area contributed by atoms with E-state index in [4.69, 9.17) is 0 Å². The van der Waals surface area contributed by atoms with E-state index in [0.717, 1.165) is 18.0 Å². The van der Waals surface area contributed by atoms with E-state index in [1.807, 2.05) is 0 Å². The Balaban J connectivity index is 0.000000162. The summed E-state index contributed by atoms with van der Waals surface area (Å²) in [6, 6.07) is 1.60. The molecule has 2 aliphatic heterocycles. The average Bonchev–Trinajstić information content (AvgIpc) is 2.71. The molecule has 2 fully saturated rings. The van der Waals surface area contributed by atoms with E-state index in [1.165, 1.54) is 45.2 Å². The van der Waals surface area contributed by atoms with Crippen molar-refractivity contribution >= 4 is 0 Å². The highest BCUT2D eigenvalue weighted by Crippen LogP contribution is 2.13. The lowest BCUT2D eigenvalue weighted by Gasteiger charge is -2.26. The van der Waals surface area contributed by atoms with Crippen molar-refractivity contribution in [1.82, 2.24) is 10.6 Å². The molecule has 0 aromatic rings. The van der Waals surface area contributed by atoms with Crippen molar-refractivity contribution in [2.24, 2.45) is 5.92 Å². The summed E-state index contributed by atoms with van der Waals surface area (Å²) in [5.74, 6) is 0.824. The van der Waals surface area contributed by atoms with E-state index in [0.29, 0.717) is 0 Å². The highest BCUT2D eigenvalue weighted by atomic mass is 14.9. The van der Waals surface area contributed by atoms with Gasteiger partial charge in [0, 0.05) is 12.1 Å². The molecule has 0 radical (unpaired) electrons. The topological polar surface area (TPSA) is 24.1 Å². The minimum Gasteiger partial charge on any atom is -0.314 e. The minimum atomic E-state index is 0.796. The van der Waals surface area contributed by atoms with Crippen LogP contribution in [0.1, 0.15) is 52.9 Å². The lowest BCUT2D eigenvalue weighted by Crippen LogP contribution is -2.37. The standard InChI is InChI=1S/C8H17N.C5H11N/c1-7(2)8-5-3-4-6-9-8;1-5-3-2-4-6-5/h7-9H,3-6H2,1-2H3;5-6H,2-4H2,1H3/t;5-/m.1/s1. The van der Waals surface area contributed by atoms with Gasteiger partial charge in [-0.1, -0.05) is 20.3 Å². The molecule has 2 nitrogen and oxygen atoms in total. The summed E-state index contributed by atoms with van der Waals surface area (Å²) in [6.07, 6.45) is 6.94. The second kappa shape index (κ2) is 7.24. The Morgan fingerprint density at radius 3 is 1.93 bits per heavy atom. The Labute approximate surface area is 95.2 Å². The fourth-order valence-electron chi connectivity index (χ4n) is 2.31. The fourth-order valence-corrected chi connectivity index (χ4v) is 2.31. The van der Waals surface area contributed by atoms with Crippen molar-refractivity contribution in [1.29, 1.82) is 0 Å². The van der Waals surface area contributed by atoms with Crippen LogP contribution in [-0.2, 0) is 0 Å². The van der Waals surface area contributed by atoms with Gasteiger partial charge >= 0.3 is 0 Å². The van der Waals surface area contributed by atoms with Gasteiger partial charge in [0.1, 0.15) is 0 Å². The van der Waals surface area contributed by atoms with Gasteiger partial charge in [0.2, 0.25) is 0 Å². The van der Waals surface area contributed by atoms with Crippen molar-refractivity contribution in [3.8, 4) is 0 Å². The third kappa shape index (κ3) is 5.53. The number of hydrogen-bond donors (Lipinski definition) is 2. The molecule has 15 heavy (non-hydrogen) atoms. The van der Waals surface area contributed by atoms with Crippen LogP contribution in [-0.4, -0.2) is 25.2 Å². The van der Waals surface area contributed by atoms with E-state index < -0.39 is 0 Å². The Kier molecular flexibility index (Phi) is 6.26. The highest BCUT2D eigenvalue weighted by Gasteiger charge is 2.14. The van der Waals surface area contributed by atoms with Crippen molar-refractivity contribution in [3.05, 3.63) is 0 Å². The molecule has 2 atom stereocenters. The van der Waals surface area contributed by atoms with Crippen LogP contribution in [0.15, 0.2) is 0 Å². The largest absolute Gasteiger partial charge is 0.314 e. The first kappa shape index (κ1) is 13.0. The van der Waals surface area contributed by atoms with Crippen LogP contribution in [0, 0.1) is 5.92 Å². The van der Waals surface area contributed by atoms with Crippen LogP contribution in [0.25, 0.3) is 0 Å². The smallest absolute Gasteiger partial charge is 0.00900 e. The van der Waals surface area contributed by atoms with Crippen molar-refractivity contribution in [3.63, 3.8) is 0 Å². The zero-order valence-corrected chi connectivity index (χ0v) is 10.7. The molecule has 2 saturated heterocycles. The van der Waals surface area contributed by atoms with Gasteiger partial charge in [-0.25, -0.2) is 0 Å². The summed E-state index contributed by atoms with van der Waals surface area (Å²) in [5.41, 5.74) is 0. The maximum atomic E-state index is 3.52. The molecule has 2 heteroatoms. The third-order valence-corrected chi connectivity index (χ3v) is 3.46. The summed E-state index contributed by atoms with van der Waals surface area (Å²) in [7, 11) is 0. The predicted molar refractivity (Wildman–Crippen MR) is 67.2 cm³/mol. The molecule has 1 unspecified atom stereocenters. The van der Waals surface area contributed by atoms with E-state index in [1.54, 1.807) is 0 Å². The maximum Gasteiger partial charge on any atom is 0.00900 e. The first-order valence-electron chi connectivity index (χ1n) is 6.67. The van der Waals surface area contributed by atoms with E-state index in [-0.39, 0.29) is 0 Å². The van der Waals surface area contributed by atoms with E-state index in [2.05, 4.69) is 31.4 Å². The second-order valence-electron chi connectivity index (χ2n) is 5.30. The Hall–Kier alpha value is -0.0800. The Bertz CT molecular complexity index is 145. The molecule has 0 aromatic carbocycles. The molecule has 0 bridgehead atoms. The molecular weight excluding hydrogens is 184 g/mol. The molecule has 0 saturated carbocycles. The molecule has 0 aliphatic carbocycles. The molecule has 90 valence electrons. The van der Waals surface area contributed by atoms with Gasteiger partial charge in [-0.05, 0) is 51.6 Å². The second-order valence-corrected chi connectivity index (χ2v) is 5.30. The number of hydrogen-bond acceptors (Lipinski definition) is 2. The summed E-state index contributed by atoms with van der Waals surface area (Å²) in [5, 5.41) is 6.84. The molecule has 0 spiro atoms. The first-order valence-corrected chi connectivity index (χ1v) is 6.67. The normalized spacial score (nSPS) is 31.2. The van der Waals surface area contributed by atoms with Crippen LogP contribution in [0.4, 0.5) is 0 Å². The van der Waals surface area contributed by atoms with Gasteiger partial charge in [0.25, 0.3) is 0 Å². The molecule has 2 rings (SSSR count). The summed E-state index contributed by atoms with van der Waals surface area (Å²) in [6.45, 7) is 9.29. The van der Waals surface area contributed by atoms with Gasteiger partial charge in [-0.2, -0.15) is 0 Å². The van der Waals surface area contributed by atoms with Gasteiger partial charge in [0.05, 0.1) is 0 Å². The van der Waals surface area contributed by atoms with Crippen molar-refractivity contribution in [2.45, 2.75) is 65.0 Å². The number of nitrogens with one attached hydrogen (secondary N) is 2. The van der Waals surface area contributed by atoms with Crippen LogP contribution in [0.5, 0.6) is 0 Å². The van der Waals surface area contributed by atoms with Crippen LogP contribution in [0.3, 0.4) is 0 Å². The molecule has 0 aromatic heterocycles. The molecule has 0 amide bonds. The zero-order chi connectivity index (χ0) is 11.1. The van der Waals surface area contributed by atoms with Gasteiger partial charge in [0.15, 0.2) is 0 Å². The van der Waals surface area contributed by atoms with Gasteiger partial charge in [-0.15, -0.1) is 0 Å². The molecule has 2 aliphatic rings. The summed E-state index contributed by atoms with van der Waals surface area (Å²) in [4.78, 5) is 0. The number of piperidine rings is 1. The highest BCUT2D eigenvalue weighted by molar-refractivity contribution is 4.74. The van der Waals surface area contributed by atoms with Gasteiger partial charge in [-0.3, -0.25) is 0 Å². The first-order chi connectivity index (χ1) is 7.20. The average molecular weight is 212 g/mol.